The number of methoxy groups -OCH3 is 1. The maximum Gasteiger partial charge on any atom is 0.362 e. The van der Waals surface area contributed by atoms with Crippen LogP contribution in [-0.2, 0) is 15.1 Å². The Hall–Kier alpha value is -3.97. The zero-order valence-corrected chi connectivity index (χ0v) is 18.1. The quantitative estimate of drug-likeness (QED) is 0.140. The standard InChI is InChI=1S/C25H21N3O3S/c1-31-23(29)22(28-30)21-17-32-24(26-21)27-25(18-11-5-2-6-12-18,19-13-7-3-8-14-19)20-15-9-4-10-16-20/h2-17,30H,1H3,(H,26,27)/b28-22+. The highest BCUT2D eigenvalue weighted by molar-refractivity contribution is 7.14. The maximum atomic E-state index is 11.9. The summed E-state index contributed by atoms with van der Waals surface area (Å²) < 4.78 is 4.69. The van der Waals surface area contributed by atoms with Crippen molar-refractivity contribution in [1.29, 1.82) is 0 Å². The molecule has 4 rings (SSSR count). The minimum absolute atomic E-state index is 0.231. The largest absolute Gasteiger partial charge is 0.464 e. The van der Waals surface area contributed by atoms with Gasteiger partial charge in [-0.2, -0.15) is 0 Å². The van der Waals surface area contributed by atoms with E-state index in [1.165, 1.54) is 18.4 Å². The summed E-state index contributed by atoms with van der Waals surface area (Å²) in [6.45, 7) is 0. The normalized spacial score (nSPS) is 11.7. The van der Waals surface area contributed by atoms with Crippen LogP contribution in [0.2, 0.25) is 0 Å². The highest BCUT2D eigenvalue weighted by Gasteiger charge is 2.37. The molecule has 0 aliphatic heterocycles. The molecule has 0 unspecified atom stereocenters. The van der Waals surface area contributed by atoms with Gasteiger partial charge in [0.1, 0.15) is 11.2 Å². The molecule has 0 saturated heterocycles. The summed E-state index contributed by atoms with van der Waals surface area (Å²) in [5, 5.41) is 18.2. The number of carbonyl (C=O) groups is 1. The number of hydrogen-bond acceptors (Lipinski definition) is 7. The van der Waals surface area contributed by atoms with Crippen LogP contribution < -0.4 is 5.32 Å². The Labute approximate surface area is 189 Å². The number of nitrogens with one attached hydrogen (secondary N) is 1. The predicted molar refractivity (Wildman–Crippen MR) is 125 cm³/mol. The van der Waals surface area contributed by atoms with Crippen molar-refractivity contribution >= 4 is 28.1 Å². The predicted octanol–water partition coefficient (Wildman–Crippen LogP) is 4.90. The van der Waals surface area contributed by atoms with Gasteiger partial charge in [-0.25, -0.2) is 9.78 Å². The number of rotatable bonds is 7. The smallest absolute Gasteiger partial charge is 0.362 e. The van der Waals surface area contributed by atoms with Gasteiger partial charge in [0, 0.05) is 5.38 Å². The highest BCUT2D eigenvalue weighted by atomic mass is 32.1. The lowest BCUT2D eigenvalue weighted by molar-refractivity contribution is -0.132. The van der Waals surface area contributed by atoms with Gasteiger partial charge >= 0.3 is 5.97 Å². The molecule has 0 aliphatic carbocycles. The molecule has 0 fully saturated rings. The van der Waals surface area contributed by atoms with Crippen LogP contribution in [0.5, 0.6) is 0 Å². The number of oxime groups is 1. The molecular formula is C25H21N3O3S. The molecule has 0 radical (unpaired) electrons. The van der Waals surface area contributed by atoms with Gasteiger partial charge in [0.15, 0.2) is 5.13 Å². The van der Waals surface area contributed by atoms with Crippen LogP contribution in [0.3, 0.4) is 0 Å². The first-order chi connectivity index (χ1) is 15.7. The van der Waals surface area contributed by atoms with E-state index in [0.717, 1.165) is 16.7 Å². The summed E-state index contributed by atoms with van der Waals surface area (Å²) in [5.41, 5.74) is 2.31. The van der Waals surface area contributed by atoms with Crippen LogP contribution in [0, 0.1) is 0 Å². The highest BCUT2D eigenvalue weighted by Crippen LogP contribution is 2.40. The third-order valence-corrected chi connectivity index (χ3v) is 5.90. The SMILES string of the molecule is COC(=O)/C(=N/O)c1csc(NC(c2ccccc2)(c2ccccc2)c2ccccc2)n1. The van der Waals surface area contributed by atoms with Crippen molar-refractivity contribution in [2.75, 3.05) is 12.4 Å². The van der Waals surface area contributed by atoms with E-state index in [1.807, 2.05) is 54.6 Å². The Morgan fingerprint density at radius 2 is 1.38 bits per heavy atom. The van der Waals surface area contributed by atoms with Gasteiger partial charge < -0.3 is 15.3 Å². The van der Waals surface area contributed by atoms with Gasteiger partial charge in [0.25, 0.3) is 0 Å². The number of aromatic nitrogens is 1. The van der Waals surface area contributed by atoms with Crippen LogP contribution in [-0.4, -0.2) is 29.0 Å². The first kappa shape index (κ1) is 21.3. The summed E-state index contributed by atoms with van der Waals surface area (Å²) in [6, 6.07) is 30.3. The second-order valence-electron chi connectivity index (χ2n) is 6.95. The van der Waals surface area contributed by atoms with E-state index >= 15 is 0 Å². The van der Waals surface area contributed by atoms with E-state index in [0.29, 0.717) is 5.13 Å². The Morgan fingerprint density at radius 3 is 1.78 bits per heavy atom. The van der Waals surface area contributed by atoms with Gasteiger partial charge in [0.05, 0.1) is 7.11 Å². The fourth-order valence-corrected chi connectivity index (χ4v) is 4.43. The number of benzene rings is 3. The molecule has 1 heterocycles. The Kier molecular flexibility index (Phi) is 6.28. The molecule has 0 atom stereocenters. The van der Waals surface area contributed by atoms with Crippen LogP contribution in [0.1, 0.15) is 22.4 Å². The topological polar surface area (TPSA) is 83.8 Å². The second kappa shape index (κ2) is 9.45. The molecule has 0 saturated carbocycles. The fraction of sp³-hybridized carbons (Fsp3) is 0.0800. The zero-order chi connectivity index (χ0) is 22.4. The lowest BCUT2D eigenvalue weighted by Crippen LogP contribution is -2.38. The van der Waals surface area contributed by atoms with Crippen molar-refractivity contribution in [1.82, 2.24) is 4.98 Å². The van der Waals surface area contributed by atoms with Crippen molar-refractivity contribution in [2.24, 2.45) is 5.16 Å². The van der Waals surface area contributed by atoms with Crippen molar-refractivity contribution < 1.29 is 14.7 Å². The summed E-state index contributed by atoms with van der Waals surface area (Å²) in [7, 11) is 1.23. The monoisotopic (exact) mass is 443 g/mol. The molecule has 0 spiro atoms. The first-order valence-corrected chi connectivity index (χ1v) is 10.8. The number of ether oxygens (including phenoxy) is 1. The zero-order valence-electron chi connectivity index (χ0n) is 17.3. The lowest BCUT2D eigenvalue weighted by Gasteiger charge is -2.36. The van der Waals surface area contributed by atoms with Crippen LogP contribution in [0.15, 0.2) is 102 Å². The molecule has 7 heteroatoms. The van der Waals surface area contributed by atoms with Crippen LogP contribution >= 0.6 is 11.3 Å². The molecule has 1 aromatic heterocycles. The molecule has 2 N–H and O–H groups in total. The van der Waals surface area contributed by atoms with Crippen LogP contribution in [0.4, 0.5) is 5.13 Å². The van der Waals surface area contributed by atoms with Gasteiger partial charge in [-0.15, -0.1) is 11.3 Å². The Balaban J connectivity index is 1.89. The number of anilines is 1. The molecular weight excluding hydrogens is 422 g/mol. The molecule has 0 bridgehead atoms. The van der Waals surface area contributed by atoms with E-state index in [9.17, 15) is 10.0 Å². The Bertz CT molecular complexity index is 1110. The molecule has 0 aliphatic rings. The molecule has 32 heavy (non-hydrogen) atoms. The minimum atomic E-state index is -0.759. The number of nitrogens with zero attached hydrogens (tertiary/aromatic N) is 2. The van der Waals surface area contributed by atoms with E-state index in [-0.39, 0.29) is 11.4 Å². The molecule has 0 amide bonds. The van der Waals surface area contributed by atoms with E-state index in [2.05, 4.69) is 51.9 Å². The lowest BCUT2D eigenvalue weighted by atomic mass is 9.77. The van der Waals surface area contributed by atoms with Crippen molar-refractivity contribution in [3.05, 3.63) is 119 Å². The number of esters is 1. The summed E-state index contributed by atoms with van der Waals surface area (Å²) >= 11 is 1.31. The molecule has 3 aromatic carbocycles. The third kappa shape index (κ3) is 3.98. The number of thiazole rings is 1. The Morgan fingerprint density at radius 1 is 0.906 bits per heavy atom. The van der Waals surface area contributed by atoms with E-state index < -0.39 is 11.5 Å². The summed E-state index contributed by atoms with van der Waals surface area (Å²) in [5.74, 6) is -0.759. The van der Waals surface area contributed by atoms with Crippen LogP contribution in [0.25, 0.3) is 0 Å². The molecule has 4 aromatic rings. The second-order valence-corrected chi connectivity index (χ2v) is 7.81. The van der Waals surface area contributed by atoms with Gasteiger partial charge in [-0.1, -0.05) is 96.2 Å². The average Bonchev–Trinajstić information content (AvgIpc) is 3.32. The van der Waals surface area contributed by atoms with E-state index in [1.54, 1.807) is 5.38 Å². The summed E-state index contributed by atoms with van der Waals surface area (Å²) in [6.07, 6.45) is 0. The van der Waals surface area contributed by atoms with Gasteiger partial charge in [-0.05, 0) is 16.7 Å². The average molecular weight is 444 g/mol. The van der Waals surface area contributed by atoms with Gasteiger partial charge in [-0.3, -0.25) is 0 Å². The summed E-state index contributed by atoms with van der Waals surface area (Å²) in [4.78, 5) is 16.5. The van der Waals surface area contributed by atoms with E-state index in [4.69, 9.17) is 4.74 Å². The number of carbonyl (C=O) groups excluding carboxylic acids is 1. The minimum Gasteiger partial charge on any atom is -0.464 e. The first-order valence-electron chi connectivity index (χ1n) is 9.90. The number of hydrogen-bond donors (Lipinski definition) is 2. The van der Waals surface area contributed by atoms with Crippen molar-refractivity contribution in [2.45, 2.75) is 5.54 Å². The van der Waals surface area contributed by atoms with Crippen molar-refractivity contribution in [3.8, 4) is 0 Å². The molecule has 160 valence electrons. The molecule has 6 nitrogen and oxygen atoms in total. The third-order valence-electron chi connectivity index (χ3n) is 5.14. The maximum absolute atomic E-state index is 11.9. The fourth-order valence-electron chi connectivity index (χ4n) is 3.67. The van der Waals surface area contributed by atoms with Crippen molar-refractivity contribution in [3.63, 3.8) is 0 Å². The van der Waals surface area contributed by atoms with Gasteiger partial charge in [0.2, 0.25) is 5.71 Å².